The number of rotatable bonds is 5. The molecule has 0 bridgehead atoms. The van der Waals surface area contributed by atoms with E-state index in [4.69, 9.17) is 5.73 Å². The minimum absolute atomic E-state index is 0.226. The molecule has 1 aliphatic carbocycles. The van der Waals surface area contributed by atoms with Crippen LogP contribution in [-0.4, -0.2) is 12.3 Å². The Morgan fingerprint density at radius 3 is 2.88 bits per heavy atom. The van der Waals surface area contributed by atoms with Gasteiger partial charge in [-0.05, 0) is 30.5 Å². The molecule has 3 N–H and O–H groups in total. The lowest BCUT2D eigenvalue weighted by molar-refractivity contribution is 0.0994. The second-order valence-corrected chi connectivity index (χ2v) is 4.65. The molecule has 0 unspecified atom stereocenters. The predicted molar refractivity (Wildman–Crippen MR) is 71.5 cm³/mol. The van der Waals surface area contributed by atoms with Gasteiger partial charge in [0.15, 0.2) is 5.78 Å². The Hall–Kier alpha value is -1.51. The Bertz CT molecular complexity index is 426. The molecule has 0 aromatic heterocycles. The van der Waals surface area contributed by atoms with Gasteiger partial charge in [-0.25, -0.2) is 0 Å². The number of anilines is 2. The summed E-state index contributed by atoms with van der Waals surface area (Å²) in [6, 6.07) is 3.87. The Morgan fingerprint density at radius 1 is 1.29 bits per heavy atom. The summed E-state index contributed by atoms with van der Waals surface area (Å²) in [5, 5.41) is 3.36. The number of carbonyl (C=O) groups excluding carboxylic acids is 1. The van der Waals surface area contributed by atoms with E-state index >= 15 is 0 Å². The topological polar surface area (TPSA) is 55.1 Å². The number of carbonyl (C=O) groups is 1. The molecule has 0 fully saturated rings. The summed E-state index contributed by atoms with van der Waals surface area (Å²) < 4.78 is 0. The first kappa shape index (κ1) is 12.0. The van der Waals surface area contributed by atoms with Crippen molar-refractivity contribution >= 4 is 17.2 Å². The molecule has 92 valence electrons. The maximum atomic E-state index is 11.6. The van der Waals surface area contributed by atoms with Gasteiger partial charge >= 0.3 is 0 Å². The van der Waals surface area contributed by atoms with Crippen molar-refractivity contribution in [2.45, 2.75) is 39.0 Å². The average Bonchev–Trinajstić information content (AvgIpc) is 2.66. The van der Waals surface area contributed by atoms with Crippen LogP contribution in [0.4, 0.5) is 11.4 Å². The standard InChI is InChI=1S/C14H20N2O/c1-2-3-4-7-16-13-8-10-5-6-14(17)11(10)9-12(13)15/h8-9,16H,2-7,15H2,1H3. The molecule has 0 atom stereocenters. The molecule has 0 spiro atoms. The van der Waals surface area contributed by atoms with Crippen LogP contribution in [0.5, 0.6) is 0 Å². The summed E-state index contributed by atoms with van der Waals surface area (Å²) in [6.07, 6.45) is 5.10. The van der Waals surface area contributed by atoms with E-state index in [2.05, 4.69) is 12.2 Å². The van der Waals surface area contributed by atoms with Gasteiger partial charge in [-0.15, -0.1) is 0 Å². The third-order valence-electron chi connectivity index (χ3n) is 3.29. The average molecular weight is 232 g/mol. The molecule has 0 saturated heterocycles. The molecule has 1 aromatic rings. The number of benzene rings is 1. The van der Waals surface area contributed by atoms with E-state index < -0.39 is 0 Å². The molecule has 0 radical (unpaired) electrons. The number of nitrogens with two attached hydrogens (primary N) is 1. The van der Waals surface area contributed by atoms with E-state index in [1.807, 2.05) is 12.1 Å². The van der Waals surface area contributed by atoms with E-state index in [1.54, 1.807) is 0 Å². The number of nitrogen functional groups attached to an aromatic ring is 1. The zero-order chi connectivity index (χ0) is 12.3. The van der Waals surface area contributed by atoms with E-state index in [9.17, 15) is 4.79 Å². The fourth-order valence-electron chi connectivity index (χ4n) is 2.26. The SMILES string of the molecule is CCCCCNc1cc2c(cc1N)C(=O)CC2. The molecule has 3 nitrogen and oxygen atoms in total. The molecule has 0 aliphatic heterocycles. The van der Waals surface area contributed by atoms with Crippen LogP contribution < -0.4 is 11.1 Å². The minimum Gasteiger partial charge on any atom is -0.397 e. The van der Waals surface area contributed by atoms with Crippen LogP contribution in [0.15, 0.2) is 12.1 Å². The van der Waals surface area contributed by atoms with E-state index in [0.29, 0.717) is 12.1 Å². The monoisotopic (exact) mass is 232 g/mol. The Labute approximate surface area is 102 Å². The second kappa shape index (κ2) is 5.21. The number of hydrogen-bond acceptors (Lipinski definition) is 3. The van der Waals surface area contributed by atoms with Gasteiger partial charge in [0.1, 0.15) is 0 Å². The number of fused-ring (bicyclic) bond motifs is 1. The lowest BCUT2D eigenvalue weighted by Crippen LogP contribution is -2.05. The fraction of sp³-hybridized carbons (Fsp3) is 0.500. The van der Waals surface area contributed by atoms with Gasteiger partial charge in [0, 0.05) is 18.5 Å². The Kier molecular flexibility index (Phi) is 3.67. The fourth-order valence-corrected chi connectivity index (χ4v) is 2.26. The van der Waals surface area contributed by atoms with Crippen molar-refractivity contribution in [1.29, 1.82) is 0 Å². The minimum atomic E-state index is 0.226. The third kappa shape index (κ3) is 2.60. The van der Waals surface area contributed by atoms with Gasteiger partial charge in [0.05, 0.1) is 11.4 Å². The lowest BCUT2D eigenvalue weighted by Gasteiger charge is -2.11. The lowest BCUT2D eigenvalue weighted by atomic mass is 10.1. The first-order chi connectivity index (χ1) is 8.22. The highest BCUT2D eigenvalue weighted by Gasteiger charge is 2.20. The van der Waals surface area contributed by atoms with Crippen LogP contribution in [0.1, 0.15) is 48.5 Å². The molecule has 1 aromatic carbocycles. The highest BCUT2D eigenvalue weighted by atomic mass is 16.1. The van der Waals surface area contributed by atoms with Gasteiger partial charge < -0.3 is 11.1 Å². The van der Waals surface area contributed by atoms with Crippen molar-refractivity contribution in [3.8, 4) is 0 Å². The molecule has 2 rings (SSSR count). The maximum absolute atomic E-state index is 11.6. The third-order valence-corrected chi connectivity index (χ3v) is 3.29. The summed E-state index contributed by atoms with van der Waals surface area (Å²) in [4.78, 5) is 11.6. The van der Waals surface area contributed by atoms with E-state index in [0.717, 1.165) is 36.2 Å². The zero-order valence-corrected chi connectivity index (χ0v) is 10.4. The van der Waals surface area contributed by atoms with Crippen molar-refractivity contribution in [3.63, 3.8) is 0 Å². The number of Topliss-reactive ketones (excluding diaryl/α,β-unsaturated/α-hetero) is 1. The van der Waals surface area contributed by atoms with Crippen LogP contribution in [0.2, 0.25) is 0 Å². The highest BCUT2D eigenvalue weighted by Crippen LogP contribution is 2.29. The van der Waals surface area contributed by atoms with Crippen LogP contribution in [-0.2, 0) is 6.42 Å². The molecule has 0 heterocycles. The van der Waals surface area contributed by atoms with Crippen LogP contribution in [0, 0.1) is 0 Å². The van der Waals surface area contributed by atoms with E-state index in [-0.39, 0.29) is 5.78 Å². The van der Waals surface area contributed by atoms with Gasteiger partial charge in [-0.3, -0.25) is 4.79 Å². The number of nitrogens with one attached hydrogen (secondary N) is 1. The maximum Gasteiger partial charge on any atom is 0.163 e. The van der Waals surface area contributed by atoms with Gasteiger partial charge in [0.25, 0.3) is 0 Å². The van der Waals surface area contributed by atoms with E-state index in [1.165, 1.54) is 12.8 Å². The van der Waals surface area contributed by atoms with Crippen molar-refractivity contribution in [3.05, 3.63) is 23.3 Å². The summed E-state index contributed by atoms with van der Waals surface area (Å²) in [5.74, 6) is 0.226. The van der Waals surface area contributed by atoms with Gasteiger partial charge in [-0.1, -0.05) is 19.8 Å². The van der Waals surface area contributed by atoms with Crippen molar-refractivity contribution in [2.75, 3.05) is 17.6 Å². The molecular formula is C14H20N2O. The number of aryl methyl sites for hydroxylation is 1. The number of unbranched alkanes of at least 4 members (excludes halogenated alkanes) is 2. The smallest absolute Gasteiger partial charge is 0.163 e. The molecule has 3 heteroatoms. The molecule has 0 saturated carbocycles. The van der Waals surface area contributed by atoms with Gasteiger partial charge in [0.2, 0.25) is 0 Å². The summed E-state index contributed by atoms with van der Waals surface area (Å²) in [5.41, 5.74) is 9.59. The Balaban J connectivity index is 2.06. The largest absolute Gasteiger partial charge is 0.397 e. The molecule has 0 amide bonds. The zero-order valence-electron chi connectivity index (χ0n) is 10.4. The number of hydrogen-bond donors (Lipinski definition) is 2. The molecular weight excluding hydrogens is 212 g/mol. The predicted octanol–water partition coefficient (Wildman–Crippen LogP) is 3.00. The first-order valence-corrected chi connectivity index (χ1v) is 6.42. The van der Waals surface area contributed by atoms with Gasteiger partial charge in [-0.2, -0.15) is 0 Å². The van der Waals surface area contributed by atoms with Crippen molar-refractivity contribution in [1.82, 2.24) is 0 Å². The van der Waals surface area contributed by atoms with Crippen LogP contribution >= 0.6 is 0 Å². The molecule has 17 heavy (non-hydrogen) atoms. The second-order valence-electron chi connectivity index (χ2n) is 4.65. The van der Waals surface area contributed by atoms with Crippen molar-refractivity contribution in [2.24, 2.45) is 0 Å². The first-order valence-electron chi connectivity index (χ1n) is 6.42. The van der Waals surface area contributed by atoms with Crippen LogP contribution in [0.3, 0.4) is 0 Å². The van der Waals surface area contributed by atoms with Crippen molar-refractivity contribution < 1.29 is 4.79 Å². The number of ketones is 1. The van der Waals surface area contributed by atoms with Crippen LogP contribution in [0.25, 0.3) is 0 Å². The normalized spacial score (nSPS) is 13.8. The summed E-state index contributed by atoms with van der Waals surface area (Å²) in [7, 11) is 0. The summed E-state index contributed by atoms with van der Waals surface area (Å²) in [6.45, 7) is 3.14. The summed E-state index contributed by atoms with van der Waals surface area (Å²) >= 11 is 0. The quantitative estimate of drug-likeness (QED) is 0.606. The molecule has 1 aliphatic rings. The highest BCUT2D eigenvalue weighted by molar-refractivity contribution is 6.02. The Morgan fingerprint density at radius 2 is 2.12 bits per heavy atom.